The molecule has 0 atom stereocenters. The first-order valence-electron chi connectivity index (χ1n) is 5.18. The maximum absolute atomic E-state index is 11.1. The van der Waals surface area contributed by atoms with E-state index in [0.29, 0.717) is 5.56 Å². The van der Waals surface area contributed by atoms with E-state index in [4.69, 9.17) is 5.11 Å². The molecule has 4 heteroatoms. The monoisotopic (exact) mass is 229 g/mol. The Morgan fingerprint density at radius 2 is 2.00 bits per heavy atom. The molecule has 0 unspecified atom stereocenters. The van der Waals surface area contributed by atoms with E-state index in [0.717, 1.165) is 16.6 Å². The van der Waals surface area contributed by atoms with Gasteiger partial charge >= 0.3 is 5.97 Å². The van der Waals surface area contributed by atoms with E-state index in [2.05, 4.69) is 4.98 Å². The molecule has 0 aliphatic rings. The molecule has 17 heavy (non-hydrogen) atoms. The summed E-state index contributed by atoms with van der Waals surface area (Å²) in [6, 6.07) is 9.11. The summed E-state index contributed by atoms with van der Waals surface area (Å²) >= 11 is 0. The Labute approximate surface area is 97.9 Å². The molecule has 0 radical (unpaired) electrons. The summed E-state index contributed by atoms with van der Waals surface area (Å²) in [6.07, 6.45) is -0.0842. The van der Waals surface area contributed by atoms with E-state index in [1.54, 1.807) is 18.2 Å². The number of aryl methyl sites for hydroxylation is 1. The van der Waals surface area contributed by atoms with Crippen LogP contribution in [0.1, 0.15) is 11.3 Å². The third-order valence-corrected chi connectivity index (χ3v) is 2.50. The number of hydrogen-bond acceptors (Lipinski definition) is 3. The fourth-order valence-electron chi connectivity index (χ4n) is 1.65. The Hall–Kier alpha value is -2.23. The van der Waals surface area contributed by atoms with Gasteiger partial charge in [0.15, 0.2) is 0 Å². The molecule has 0 amide bonds. The van der Waals surface area contributed by atoms with Crippen LogP contribution in [0.2, 0.25) is 0 Å². The van der Waals surface area contributed by atoms with E-state index in [9.17, 15) is 9.59 Å². The minimum atomic E-state index is -1.40. The number of carbonyl (C=O) groups is 2. The second kappa shape index (κ2) is 4.33. The van der Waals surface area contributed by atoms with Crippen molar-refractivity contribution in [2.45, 2.75) is 13.3 Å². The van der Waals surface area contributed by atoms with Gasteiger partial charge in [0.25, 0.3) is 0 Å². The van der Waals surface area contributed by atoms with Crippen molar-refractivity contribution in [1.29, 1.82) is 0 Å². The number of rotatable bonds is 3. The quantitative estimate of drug-likeness (QED) is 0.814. The minimum absolute atomic E-state index is 0.0842. The number of fused-ring (bicyclic) bond motifs is 1. The van der Waals surface area contributed by atoms with Crippen molar-refractivity contribution in [1.82, 2.24) is 4.98 Å². The van der Waals surface area contributed by atoms with Gasteiger partial charge in [-0.1, -0.05) is 12.1 Å². The van der Waals surface area contributed by atoms with Crippen LogP contribution in [0.5, 0.6) is 0 Å². The first-order chi connectivity index (χ1) is 8.06. The molecule has 0 aliphatic heterocycles. The molecule has 86 valence electrons. The summed E-state index contributed by atoms with van der Waals surface area (Å²) in [5, 5.41) is 9.44. The van der Waals surface area contributed by atoms with Gasteiger partial charge in [0, 0.05) is 17.5 Å². The van der Waals surface area contributed by atoms with Crippen molar-refractivity contribution in [2.75, 3.05) is 0 Å². The molecule has 1 heterocycles. The van der Waals surface area contributed by atoms with Crippen LogP contribution in [-0.4, -0.2) is 21.8 Å². The van der Waals surface area contributed by atoms with Crippen molar-refractivity contribution in [3.05, 3.63) is 41.6 Å². The number of hydrogen-bond donors (Lipinski definition) is 1. The lowest BCUT2D eigenvalue weighted by Crippen LogP contribution is -2.14. The van der Waals surface area contributed by atoms with Crippen molar-refractivity contribution in [2.24, 2.45) is 0 Å². The zero-order chi connectivity index (χ0) is 12.4. The normalized spacial score (nSPS) is 10.4. The van der Waals surface area contributed by atoms with Gasteiger partial charge in [-0.05, 0) is 30.7 Å². The molecule has 0 saturated carbocycles. The Morgan fingerprint density at radius 3 is 2.71 bits per heavy atom. The Kier molecular flexibility index (Phi) is 2.87. The highest BCUT2D eigenvalue weighted by molar-refractivity contribution is 6.33. The molecule has 2 rings (SSSR count). The number of aliphatic carboxylic acids is 1. The van der Waals surface area contributed by atoms with Crippen LogP contribution in [0.15, 0.2) is 30.3 Å². The Balaban J connectivity index is 2.35. The summed E-state index contributed by atoms with van der Waals surface area (Å²) < 4.78 is 0. The lowest BCUT2D eigenvalue weighted by Gasteiger charge is -2.02. The number of Topliss-reactive ketones (excluding diaryl/α,β-unsaturated/α-hetero) is 1. The smallest absolute Gasteiger partial charge is 0.372 e. The molecule has 1 aromatic carbocycles. The maximum atomic E-state index is 11.1. The van der Waals surface area contributed by atoms with Gasteiger partial charge in [-0.25, -0.2) is 4.79 Å². The molecule has 0 bridgehead atoms. The van der Waals surface area contributed by atoms with Gasteiger partial charge in [-0.3, -0.25) is 9.78 Å². The molecule has 2 aromatic rings. The first-order valence-corrected chi connectivity index (χ1v) is 5.18. The average molecular weight is 229 g/mol. The molecule has 0 saturated heterocycles. The standard InChI is InChI=1S/C13H11NO3/c1-8-2-4-10-6-9(3-5-11(10)14-8)7-12(15)13(16)17/h2-6H,7H2,1H3,(H,16,17). The molecular formula is C13H11NO3. The van der Waals surface area contributed by atoms with Crippen molar-refractivity contribution in [3.8, 4) is 0 Å². The predicted molar refractivity (Wildman–Crippen MR) is 62.8 cm³/mol. The first kappa shape index (κ1) is 11.3. The molecule has 4 nitrogen and oxygen atoms in total. The third-order valence-electron chi connectivity index (χ3n) is 2.50. The molecule has 0 spiro atoms. The fraction of sp³-hybridized carbons (Fsp3) is 0.154. The van der Waals surface area contributed by atoms with E-state index < -0.39 is 11.8 Å². The van der Waals surface area contributed by atoms with Gasteiger partial charge in [-0.15, -0.1) is 0 Å². The SMILES string of the molecule is Cc1ccc2cc(CC(=O)C(=O)O)ccc2n1. The second-order valence-electron chi connectivity index (χ2n) is 3.88. The van der Waals surface area contributed by atoms with Crippen molar-refractivity contribution >= 4 is 22.7 Å². The highest BCUT2D eigenvalue weighted by atomic mass is 16.4. The number of pyridine rings is 1. The molecular weight excluding hydrogens is 218 g/mol. The lowest BCUT2D eigenvalue weighted by atomic mass is 10.1. The van der Waals surface area contributed by atoms with Crippen LogP contribution >= 0.6 is 0 Å². The summed E-state index contributed by atoms with van der Waals surface area (Å²) in [5.74, 6) is -2.20. The van der Waals surface area contributed by atoms with E-state index >= 15 is 0 Å². The van der Waals surface area contributed by atoms with Crippen LogP contribution in [0.25, 0.3) is 10.9 Å². The molecule has 0 aliphatic carbocycles. The van der Waals surface area contributed by atoms with Gasteiger partial charge < -0.3 is 5.11 Å². The average Bonchev–Trinajstić information content (AvgIpc) is 2.29. The number of aromatic nitrogens is 1. The van der Waals surface area contributed by atoms with Crippen molar-refractivity contribution in [3.63, 3.8) is 0 Å². The molecule has 1 N–H and O–H groups in total. The fourth-order valence-corrected chi connectivity index (χ4v) is 1.65. The van der Waals surface area contributed by atoms with Crippen molar-refractivity contribution < 1.29 is 14.7 Å². The Morgan fingerprint density at radius 1 is 1.24 bits per heavy atom. The van der Waals surface area contributed by atoms with Crippen LogP contribution in [-0.2, 0) is 16.0 Å². The number of carboxylic acid groups (broad SMARTS) is 1. The van der Waals surface area contributed by atoms with Gasteiger partial charge in [-0.2, -0.15) is 0 Å². The van der Waals surface area contributed by atoms with E-state index in [1.165, 1.54) is 0 Å². The third kappa shape index (κ3) is 2.47. The van der Waals surface area contributed by atoms with Gasteiger partial charge in [0.05, 0.1) is 5.52 Å². The number of benzene rings is 1. The van der Waals surface area contributed by atoms with E-state index in [-0.39, 0.29) is 6.42 Å². The maximum Gasteiger partial charge on any atom is 0.372 e. The number of nitrogens with zero attached hydrogens (tertiary/aromatic N) is 1. The number of carbonyl (C=O) groups excluding carboxylic acids is 1. The summed E-state index contributed by atoms with van der Waals surface area (Å²) in [7, 11) is 0. The summed E-state index contributed by atoms with van der Waals surface area (Å²) in [6.45, 7) is 1.90. The number of carboxylic acids is 1. The zero-order valence-corrected chi connectivity index (χ0v) is 9.30. The van der Waals surface area contributed by atoms with Crippen LogP contribution in [0.3, 0.4) is 0 Å². The second-order valence-corrected chi connectivity index (χ2v) is 3.88. The minimum Gasteiger partial charge on any atom is -0.475 e. The van der Waals surface area contributed by atoms with Crippen LogP contribution in [0, 0.1) is 6.92 Å². The van der Waals surface area contributed by atoms with Gasteiger partial charge in [0.2, 0.25) is 5.78 Å². The van der Waals surface area contributed by atoms with Crippen LogP contribution < -0.4 is 0 Å². The Bertz CT molecular complexity index is 605. The predicted octanol–water partition coefficient (Wildman–Crippen LogP) is 1.74. The van der Waals surface area contributed by atoms with Gasteiger partial charge in [0.1, 0.15) is 0 Å². The zero-order valence-electron chi connectivity index (χ0n) is 9.30. The largest absolute Gasteiger partial charge is 0.475 e. The molecule has 1 aromatic heterocycles. The summed E-state index contributed by atoms with van der Waals surface area (Å²) in [5.41, 5.74) is 2.46. The number of ketones is 1. The topological polar surface area (TPSA) is 67.3 Å². The molecule has 0 fully saturated rings. The summed E-state index contributed by atoms with van der Waals surface area (Å²) in [4.78, 5) is 25.9. The lowest BCUT2D eigenvalue weighted by molar-refractivity contribution is -0.148. The van der Waals surface area contributed by atoms with E-state index in [1.807, 2.05) is 19.1 Å². The highest BCUT2D eigenvalue weighted by Crippen LogP contribution is 2.15. The van der Waals surface area contributed by atoms with Crippen LogP contribution in [0.4, 0.5) is 0 Å². The highest BCUT2D eigenvalue weighted by Gasteiger charge is 2.12.